The van der Waals surface area contributed by atoms with Gasteiger partial charge in [-0.15, -0.1) is 0 Å². The zero-order valence-corrected chi connectivity index (χ0v) is 9.87. The summed E-state index contributed by atoms with van der Waals surface area (Å²) < 4.78 is 22.8. The van der Waals surface area contributed by atoms with Crippen molar-refractivity contribution < 1.29 is 23.5 Å². The van der Waals surface area contributed by atoms with Crippen LogP contribution in [-0.2, 0) is 9.53 Å². The van der Waals surface area contributed by atoms with Crippen LogP contribution in [0.15, 0.2) is 12.1 Å². The summed E-state index contributed by atoms with van der Waals surface area (Å²) in [6, 6.07) is 2.58. The molecule has 0 aliphatic rings. The first kappa shape index (κ1) is 13.2. The molecule has 4 nitrogen and oxygen atoms in total. The lowest BCUT2D eigenvalue weighted by Crippen LogP contribution is -2.19. The minimum Gasteiger partial charge on any atom is -0.493 e. The number of esters is 1. The van der Waals surface area contributed by atoms with Crippen molar-refractivity contribution in [1.82, 2.24) is 0 Å². The van der Waals surface area contributed by atoms with Crippen LogP contribution in [0.2, 0.25) is 0 Å². The van der Waals surface area contributed by atoms with E-state index in [0.717, 1.165) is 0 Å². The van der Waals surface area contributed by atoms with Crippen molar-refractivity contribution in [1.29, 1.82) is 0 Å². The Kier molecular flexibility index (Phi) is 4.20. The highest BCUT2D eigenvalue weighted by Crippen LogP contribution is 2.26. The lowest BCUT2D eigenvalue weighted by molar-refractivity contribution is -0.137. The molecule has 0 spiro atoms. The van der Waals surface area contributed by atoms with Gasteiger partial charge in [-0.2, -0.15) is 0 Å². The van der Waals surface area contributed by atoms with Gasteiger partial charge in [-0.25, -0.2) is 9.18 Å². The Balaban J connectivity index is 3.25. The Morgan fingerprint density at radius 2 is 2.00 bits per heavy atom. The Hall–Kier alpha value is -1.91. The number of methoxy groups -OCH3 is 1. The summed E-state index contributed by atoms with van der Waals surface area (Å²) in [6.07, 6.45) is 0. The molecule has 0 saturated carbocycles. The molecule has 17 heavy (non-hydrogen) atoms. The average Bonchev–Trinajstić information content (AvgIpc) is 2.31. The highest BCUT2D eigenvalue weighted by molar-refractivity contribution is 6.41. The van der Waals surface area contributed by atoms with Gasteiger partial charge in [0.15, 0.2) is 11.6 Å². The maximum atomic E-state index is 13.4. The molecule has 0 aliphatic heterocycles. The van der Waals surface area contributed by atoms with E-state index in [2.05, 4.69) is 4.74 Å². The van der Waals surface area contributed by atoms with Gasteiger partial charge in [0.1, 0.15) is 0 Å². The number of halogens is 1. The fourth-order valence-corrected chi connectivity index (χ4v) is 1.44. The maximum Gasteiger partial charge on any atom is 0.379 e. The predicted molar refractivity (Wildman–Crippen MR) is 58.7 cm³/mol. The average molecular weight is 240 g/mol. The van der Waals surface area contributed by atoms with Crippen LogP contribution in [0, 0.1) is 12.7 Å². The quantitative estimate of drug-likeness (QED) is 0.458. The molecule has 0 heterocycles. The fraction of sp³-hybridized carbons (Fsp3) is 0.333. The molecule has 92 valence electrons. The highest BCUT2D eigenvalue weighted by Gasteiger charge is 2.25. The van der Waals surface area contributed by atoms with Crippen LogP contribution in [-0.4, -0.2) is 25.5 Å². The minimum atomic E-state index is -1.01. The number of hydrogen-bond donors (Lipinski definition) is 0. The van der Waals surface area contributed by atoms with E-state index in [1.807, 2.05) is 0 Å². The van der Waals surface area contributed by atoms with E-state index < -0.39 is 17.6 Å². The van der Waals surface area contributed by atoms with Gasteiger partial charge >= 0.3 is 5.97 Å². The minimum absolute atomic E-state index is 0.0846. The summed E-state index contributed by atoms with van der Waals surface area (Å²) in [5.74, 6) is -2.84. The molecule has 0 N–H and O–H groups in total. The van der Waals surface area contributed by atoms with Crippen LogP contribution in [0.4, 0.5) is 4.39 Å². The third-order valence-electron chi connectivity index (χ3n) is 2.21. The Morgan fingerprint density at radius 1 is 1.35 bits per heavy atom. The lowest BCUT2D eigenvalue weighted by Gasteiger charge is -2.10. The van der Waals surface area contributed by atoms with Crippen molar-refractivity contribution in [2.24, 2.45) is 0 Å². The maximum absolute atomic E-state index is 13.4. The van der Waals surface area contributed by atoms with Crippen LogP contribution in [0.3, 0.4) is 0 Å². The molecule has 0 unspecified atom stereocenters. The van der Waals surface area contributed by atoms with Crippen molar-refractivity contribution in [3.63, 3.8) is 0 Å². The molecule has 1 aromatic carbocycles. The summed E-state index contributed by atoms with van der Waals surface area (Å²) in [5.41, 5.74) is 0.368. The van der Waals surface area contributed by atoms with Gasteiger partial charge in [0.25, 0.3) is 5.78 Å². The molecule has 0 bridgehead atoms. The number of ether oxygens (including phenoxy) is 2. The molecule has 0 aromatic heterocycles. The topological polar surface area (TPSA) is 52.6 Å². The van der Waals surface area contributed by atoms with Crippen LogP contribution in [0.1, 0.15) is 22.8 Å². The van der Waals surface area contributed by atoms with E-state index in [0.29, 0.717) is 5.56 Å². The second-order valence-corrected chi connectivity index (χ2v) is 3.32. The van der Waals surface area contributed by atoms with Crippen LogP contribution in [0.25, 0.3) is 0 Å². The molecular formula is C12H13FO4. The van der Waals surface area contributed by atoms with Crippen molar-refractivity contribution in [2.75, 3.05) is 13.7 Å². The third-order valence-corrected chi connectivity index (χ3v) is 2.21. The second kappa shape index (κ2) is 5.43. The van der Waals surface area contributed by atoms with E-state index in [4.69, 9.17) is 4.74 Å². The van der Waals surface area contributed by atoms with Gasteiger partial charge in [-0.05, 0) is 25.5 Å². The van der Waals surface area contributed by atoms with Gasteiger partial charge in [0.05, 0.1) is 19.3 Å². The smallest absolute Gasteiger partial charge is 0.379 e. The first-order chi connectivity index (χ1) is 8.02. The first-order valence-corrected chi connectivity index (χ1v) is 5.07. The number of ketones is 1. The van der Waals surface area contributed by atoms with E-state index in [-0.39, 0.29) is 17.9 Å². The summed E-state index contributed by atoms with van der Waals surface area (Å²) in [7, 11) is 1.24. The number of aryl methyl sites for hydroxylation is 1. The van der Waals surface area contributed by atoms with E-state index in [1.165, 1.54) is 19.2 Å². The van der Waals surface area contributed by atoms with Gasteiger partial charge in [-0.1, -0.05) is 6.07 Å². The van der Waals surface area contributed by atoms with Crippen LogP contribution < -0.4 is 4.74 Å². The molecular weight excluding hydrogens is 227 g/mol. The predicted octanol–water partition coefficient (Wildman–Crippen LogP) is 1.89. The fourth-order valence-electron chi connectivity index (χ4n) is 1.44. The summed E-state index contributed by atoms with van der Waals surface area (Å²) in [4.78, 5) is 23.1. The number of rotatable bonds is 4. The van der Waals surface area contributed by atoms with Gasteiger partial charge in [0, 0.05) is 0 Å². The Morgan fingerprint density at radius 3 is 2.53 bits per heavy atom. The molecule has 0 aliphatic carbocycles. The Bertz CT molecular complexity index is 454. The monoisotopic (exact) mass is 240 g/mol. The first-order valence-electron chi connectivity index (χ1n) is 5.07. The number of hydrogen-bond acceptors (Lipinski definition) is 4. The van der Waals surface area contributed by atoms with Crippen molar-refractivity contribution in [2.45, 2.75) is 13.8 Å². The van der Waals surface area contributed by atoms with Crippen LogP contribution in [0.5, 0.6) is 5.75 Å². The van der Waals surface area contributed by atoms with Crippen molar-refractivity contribution in [3.05, 3.63) is 29.1 Å². The molecule has 0 atom stereocenters. The summed E-state index contributed by atoms with van der Waals surface area (Å²) >= 11 is 0. The SMILES string of the molecule is CCOC(=O)C(=O)c1c(C)ccc(F)c1OC. The zero-order valence-electron chi connectivity index (χ0n) is 9.87. The van der Waals surface area contributed by atoms with Gasteiger partial charge < -0.3 is 9.47 Å². The molecule has 1 rings (SSSR count). The standard InChI is InChI=1S/C12H13FO4/c1-4-17-12(15)10(14)9-7(2)5-6-8(13)11(9)16-3/h5-6H,4H2,1-3H3. The zero-order chi connectivity index (χ0) is 13.0. The van der Waals surface area contributed by atoms with Crippen molar-refractivity contribution in [3.8, 4) is 5.75 Å². The van der Waals surface area contributed by atoms with E-state index in [9.17, 15) is 14.0 Å². The van der Waals surface area contributed by atoms with E-state index >= 15 is 0 Å². The van der Waals surface area contributed by atoms with Gasteiger partial charge in [0.2, 0.25) is 0 Å². The molecule has 0 saturated heterocycles. The number of carbonyl (C=O) groups is 2. The molecule has 0 fully saturated rings. The number of Topliss-reactive ketones (excluding diaryl/α,β-unsaturated/α-hetero) is 1. The van der Waals surface area contributed by atoms with Crippen molar-refractivity contribution >= 4 is 11.8 Å². The normalized spacial score (nSPS) is 9.88. The molecule has 0 amide bonds. The number of carbonyl (C=O) groups excluding carboxylic acids is 2. The van der Waals surface area contributed by atoms with Gasteiger partial charge in [-0.3, -0.25) is 4.79 Å². The Labute approximate surface area is 98.3 Å². The second-order valence-electron chi connectivity index (χ2n) is 3.32. The molecule has 1 aromatic rings. The lowest BCUT2D eigenvalue weighted by atomic mass is 10.0. The number of benzene rings is 1. The highest BCUT2D eigenvalue weighted by atomic mass is 19.1. The van der Waals surface area contributed by atoms with E-state index in [1.54, 1.807) is 13.8 Å². The molecule has 0 radical (unpaired) electrons. The third kappa shape index (κ3) is 2.61. The van der Waals surface area contributed by atoms with Crippen LogP contribution >= 0.6 is 0 Å². The molecule has 5 heteroatoms. The summed E-state index contributed by atoms with van der Waals surface area (Å²) in [5, 5.41) is 0. The largest absolute Gasteiger partial charge is 0.493 e. The summed E-state index contributed by atoms with van der Waals surface area (Å²) in [6.45, 7) is 3.26.